The monoisotopic (exact) mass is 340 g/mol. The Bertz CT molecular complexity index is 710. The Labute approximate surface area is 148 Å². The van der Waals surface area contributed by atoms with Gasteiger partial charge >= 0.3 is 0 Å². The summed E-state index contributed by atoms with van der Waals surface area (Å²) in [7, 11) is 0. The highest BCUT2D eigenvalue weighted by molar-refractivity contribution is 5.53. The summed E-state index contributed by atoms with van der Waals surface area (Å²) in [6.45, 7) is 9.25. The average Bonchev–Trinajstić information content (AvgIpc) is 2.69. The van der Waals surface area contributed by atoms with Gasteiger partial charge in [-0.3, -0.25) is 4.98 Å². The van der Waals surface area contributed by atoms with Crippen molar-refractivity contribution in [1.82, 2.24) is 15.0 Å². The fraction of sp³-hybridized carbons (Fsp3) is 0.500. The first-order valence-electron chi connectivity index (χ1n) is 8.87. The topological polar surface area (TPSA) is 57.6 Å². The molecule has 0 saturated carbocycles. The highest BCUT2D eigenvalue weighted by Gasteiger charge is 2.20. The van der Waals surface area contributed by atoms with Crippen molar-refractivity contribution in [2.24, 2.45) is 0 Å². The molecule has 2 saturated heterocycles. The van der Waals surface area contributed by atoms with Crippen LogP contribution in [0.2, 0.25) is 0 Å². The lowest BCUT2D eigenvalue weighted by atomic mass is 10.2. The number of hydrogen-bond acceptors (Lipinski definition) is 7. The summed E-state index contributed by atoms with van der Waals surface area (Å²) in [5.74, 6) is 2.02. The van der Waals surface area contributed by atoms with Crippen molar-refractivity contribution in [3.8, 4) is 0 Å². The highest BCUT2D eigenvalue weighted by atomic mass is 16.5. The van der Waals surface area contributed by atoms with E-state index in [9.17, 15) is 0 Å². The van der Waals surface area contributed by atoms with Gasteiger partial charge in [-0.1, -0.05) is 0 Å². The fourth-order valence-corrected chi connectivity index (χ4v) is 3.40. The molecule has 2 aromatic rings. The second kappa shape index (κ2) is 7.23. The molecule has 4 heterocycles. The molecule has 0 N–H and O–H groups in total. The molecule has 2 fully saturated rings. The van der Waals surface area contributed by atoms with Gasteiger partial charge in [0.2, 0.25) is 0 Å². The van der Waals surface area contributed by atoms with E-state index in [1.54, 1.807) is 6.33 Å². The van der Waals surface area contributed by atoms with Gasteiger partial charge in [-0.15, -0.1) is 0 Å². The number of morpholine rings is 1. The van der Waals surface area contributed by atoms with Gasteiger partial charge < -0.3 is 19.4 Å². The molecule has 0 spiro atoms. The molecule has 132 valence electrons. The van der Waals surface area contributed by atoms with Crippen LogP contribution in [-0.4, -0.2) is 67.4 Å². The Morgan fingerprint density at radius 2 is 1.44 bits per heavy atom. The summed E-state index contributed by atoms with van der Waals surface area (Å²) >= 11 is 0. The summed E-state index contributed by atoms with van der Waals surface area (Å²) < 4.78 is 5.42. The number of ether oxygens (including phenoxy) is 1. The van der Waals surface area contributed by atoms with Crippen molar-refractivity contribution in [3.63, 3.8) is 0 Å². The van der Waals surface area contributed by atoms with Crippen molar-refractivity contribution >= 4 is 17.3 Å². The second-order valence-electron chi connectivity index (χ2n) is 6.46. The van der Waals surface area contributed by atoms with E-state index >= 15 is 0 Å². The summed E-state index contributed by atoms with van der Waals surface area (Å²) in [6, 6.07) is 6.35. The van der Waals surface area contributed by atoms with Crippen molar-refractivity contribution in [2.75, 3.05) is 67.2 Å². The molecule has 2 aliphatic heterocycles. The molecular weight excluding hydrogens is 316 g/mol. The fourth-order valence-electron chi connectivity index (χ4n) is 3.40. The molecule has 2 aliphatic rings. The van der Waals surface area contributed by atoms with Crippen LogP contribution in [0.15, 0.2) is 30.7 Å². The van der Waals surface area contributed by atoms with Crippen LogP contribution in [0.25, 0.3) is 0 Å². The van der Waals surface area contributed by atoms with E-state index in [1.165, 1.54) is 5.69 Å². The molecular formula is C18H24N6O. The summed E-state index contributed by atoms with van der Waals surface area (Å²) in [5.41, 5.74) is 2.31. The van der Waals surface area contributed by atoms with Gasteiger partial charge in [0.25, 0.3) is 0 Å². The Balaban J connectivity index is 1.42. The Morgan fingerprint density at radius 3 is 2.12 bits per heavy atom. The van der Waals surface area contributed by atoms with Crippen LogP contribution in [0.3, 0.4) is 0 Å². The number of aryl methyl sites for hydroxylation is 1. The van der Waals surface area contributed by atoms with E-state index in [0.29, 0.717) is 0 Å². The Kier molecular flexibility index (Phi) is 4.65. The second-order valence-corrected chi connectivity index (χ2v) is 6.46. The van der Waals surface area contributed by atoms with Crippen LogP contribution in [0.1, 0.15) is 5.69 Å². The van der Waals surface area contributed by atoms with Gasteiger partial charge in [0.15, 0.2) is 0 Å². The Morgan fingerprint density at radius 1 is 0.800 bits per heavy atom. The lowest BCUT2D eigenvalue weighted by Crippen LogP contribution is -2.47. The summed E-state index contributed by atoms with van der Waals surface area (Å²) in [5, 5.41) is 0. The van der Waals surface area contributed by atoms with E-state index in [1.807, 2.05) is 13.1 Å². The first kappa shape index (κ1) is 16.1. The minimum atomic E-state index is 0.767. The van der Waals surface area contributed by atoms with Crippen molar-refractivity contribution in [1.29, 1.82) is 0 Å². The van der Waals surface area contributed by atoms with E-state index in [2.05, 4.69) is 47.9 Å². The van der Waals surface area contributed by atoms with Crippen LogP contribution >= 0.6 is 0 Å². The Hall–Kier alpha value is -2.41. The maximum atomic E-state index is 5.42. The SMILES string of the molecule is Cc1cc(N2CCN(c3cc(N4CCOCC4)ncn3)CC2)ccn1. The zero-order chi connectivity index (χ0) is 17.1. The van der Waals surface area contributed by atoms with Gasteiger partial charge in [0.1, 0.15) is 18.0 Å². The first-order chi connectivity index (χ1) is 12.3. The van der Waals surface area contributed by atoms with Gasteiger partial charge in [-0.2, -0.15) is 0 Å². The predicted molar refractivity (Wildman–Crippen MR) is 98.5 cm³/mol. The van der Waals surface area contributed by atoms with E-state index in [0.717, 1.165) is 69.8 Å². The number of hydrogen-bond donors (Lipinski definition) is 0. The molecule has 0 atom stereocenters. The van der Waals surface area contributed by atoms with Gasteiger partial charge in [0.05, 0.1) is 13.2 Å². The highest BCUT2D eigenvalue weighted by Crippen LogP contribution is 2.22. The number of aromatic nitrogens is 3. The molecule has 7 heteroatoms. The maximum absolute atomic E-state index is 5.42. The molecule has 0 unspecified atom stereocenters. The third kappa shape index (κ3) is 3.66. The maximum Gasteiger partial charge on any atom is 0.134 e. The summed E-state index contributed by atoms with van der Waals surface area (Å²) in [6.07, 6.45) is 3.56. The molecule has 0 radical (unpaired) electrons. The lowest BCUT2D eigenvalue weighted by Gasteiger charge is -2.37. The number of rotatable bonds is 3. The van der Waals surface area contributed by atoms with Crippen LogP contribution in [-0.2, 0) is 4.74 Å². The normalized spacial score (nSPS) is 18.5. The first-order valence-corrected chi connectivity index (χ1v) is 8.87. The van der Waals surface area contributed by atoms with Crippen LogP contribution < -0.4 is 14.7 Å². The van der Waals surface area contributed by atoms with Crippen LogP contribution in [0.4, 0.5) is 17.3 Å². The van der Waals surface area contributed by atoms with Gasteiger partial charge in [-0.25, -0.2) is 9.97 Å². The molecule has 0 bridgehead atoms. The third-order valence-corrected chi connectivity index (χ3v) is 4.82. The van der Waals surface area contributed by atoms with Crippen molar-refractivity contribution in [2.45, 2.75) is 6.92 Å². The molecule has 25 heavy (non-hydrogen) atoms. The van der Waals surface area contributed by atoms with E-state index in [-0.39, 0.29) is 0 Å². The summed E-state index contributed by atoms with van der Waals surface area (Å²) in [4.78, 5) is 20.3. The molecule has 7 nitrogen and oxygen atoms in total. The number of nitrogens with zero attached hydrogens (tertiary/aromatic N) is 6. The average molecular weight is 340 g/mol. The standard InChI is InChI=1S/C18H24N6O/c1-15-12-16(2-3-19-15)22-4-6-23(7-5-22)17-13-18(21-14-20-17)24-8-10-25-11-9-24/h2-3,12-14H,4-11H2,1H3. The van der Waals surface area contributed by atoms with Crippen LogP contribution in [0.5, 0.6) is 0 Å². The van der Waals surface area contributed by atoms with Crippen molar-refractivity contribution in [3.05, 3.63) is 36.4 Å². The van der Waals surface area contributed by atoms with Crippen molar-refractivity contribution < 1.29 is 4.74 Å². The molecule has 4 rings (SSSR count). The molecule has 0 aliphatic carbocycles. The number of pyridine rings is 1. The minimum absolute atomic E-state index is 0.767. The third-order valence-electron chi connectivity index (χ3n) is 4.82. The van der Waals surface area contributed by atoms with Gasteiger partial charge in [0, 0.05) is 62.9 Å². The number of anilines is 3. The van der Waals surface area contributed by atoms with Gasteiger partial charge in [-0.05, 0) is 19.1 Å². The smallest absolute Gasteiger partial charge is 0.134 e. The number of piperazine rings is 1. The zero-order valence-electron chi connectivity index (χ0n) is 14.6. The molecule has 2 aromatic heterocycles. The molecule has 0 amide bonds. The zero-order valence-corrected chi connectivity index (χ0v) is 14.6. The lowest BCUT2D eigenvalue weighted by molar-refractivity contribution is 0.122. The van der Waals surface area contributed by atoms with Crippen LogP contribution in [0, 0.1) is 6.92 Å². The van der Waals surface area contributed by atoms with E-state index < -0.39 is 0 Å². The van der Waals surface area contributed by atoms with E-state index in [4.69, 9.17) is 4.74 Å². The molecule has 0 aromatic carbocycles. The predicted octanol–water partition coefficient (Wildman–Crippen LogP) is 1.34. The largest absolute Gasteiger partial charge is 0.378 e. The minimum Gasteiger partial charge on any atom is -0.378 e. The quantitative estimate of drug-likeness (QED) is 0.836.